The van der Waals surface area contributed by atoms with Crippen molar-refractivity contribution < 1.29 is 21.6 Å². The molecule has 2 heterocycles. The number of thiazole rings is 1. The van der Waals surface area contributed by atoms with Crippen LogP contribution < -0.4 is 0 Å². The monoisotopic (exact) mass is 448 g/mol. The molecular weight excluding hydrogens is 433 g/mol. The largest absolute Gasteiger partial charge is 0.418 e. The van der Waals surface area contributed by atoms with Gasteiger partial charge in [-0.05, 0) is 35.7 Å². The lowest BCUT2D eigenvalue weighted by Crippen LogP contribution is -2.07. The van der Waals surface area contributed by atoms with Crippen LogP contribution in [0.4, 0.5) is 13.2 Å². The fraction of sp³-hybridized carbons (Fsp3) is 0.143. The molecule has 2 aromatic carbocycles. The number of benzene rings is 2. The first-order valence-electron chi connectivity index (χ1n) is 8.87. The molecule has 0 saturated carbocycles. The number of pyridine rings is 1. The lowest BCUT2D eigenvalue weighted by molar-refractivity contribution is -0.136. The molecule has 0 N–H and O–H groups in total. The van der Waals surface area contributed by atoms with E-state index in [0.717, 1.165) is 22.1 Å². The average Bonchev–Trinajstić information content (AvgIpc) is 3.16. The van der Waals surface area contributed by atoms with Gasteiger partial charge in [-0.3, -0.25) is 4.98 Å². The molecule has 0 radical (unpaired) electrons. The number of hydrogen-bond acceptors (Lipinski definition) is 5. The van der Waals surface area contributed by atoms with Crippen LogP contribution in [0.15, 0.2) is 54.9 Å². The third-order valence-electron chi connectivity index (χ3n) is 4.64. The predicted octanol–water partition coefficient (Wildman–Crippen LogP) is 5.46. The molecule has 4 nitrogen and oxygen atoms in total. The van der Waals surface area contributed by atoms with Crippen LogP contribution in [0.5, 0.6) is 0 Å². The quantitative estimate of drug-likeness (QED) is 0.421. The Morgan fingerprint density at radius 2 is 1.80 bits per heavy atom. The SMILES string of the molecule is Cc1cnc2c(C(F)(F)F)cccc2c1-c1ncc(-c2cccc(C[SH](=O)=O)c2)s1. The van der Waals surface area contributed by atoms with Crippen LogP contribution in [-0.2, 0) is 22.6 Å². The summed E-state index contributed by atoms with van der Waals surface area (Å²) in [6.07, 6.45) is -1.43. The number of hydrogen-bond donors (Lipinski definition) is 1. The van der Waals surface area contributed by atoms with Gasteiger partial charge in [0.05, 0.1) is 21.7 Å². The van der Waals surface area contributed by atoms with Gasteiger partial charge < -0.3 is 0 Å². The minimum Gasteiger partial charge on any atom is -0.255 e. The van der Waals surface area contributed by atoms with Crippen LogP contribution in [0.3, 0.4) is 0 Å². The second-order valence-corrected chi connectivity index (χ2v) is 8.75. The van der Waals surface area contributed by atoms with Crippen LogP contribution in [0, 0.1) is 6.92 Å². The minimum absolute atomic E-state index is 0.0524. The van der Waals surface area contributed by atoms with Crippen molar-refractivity contribution in [1.29, 1.82) is 0 Å². The van der Waals surface area contributed by atoms with Crippen LogP contribution >= 0.6 is 11.3 Å². The Morgan fingerprint density at radius 1 is 1.03 bits per heavy atom. The second kappa shape index (κ2) is 7.81. The molecule has 9 heteroatoms. The van der Waals surface area contributed by atoms with Gasteiger partial charge >= 0.3 is 6.18 Å². The lowest BCUT2D eigenvalue weighted by atomic mass is 10.0. The number of halogens is 3. The van der Waals surface area contributed by atoms with E-state index in [-0.39, 0.29) is 11.3 Å². The molecule has 0 aliphatic rings. The number of rotatable bonds is 4. The van der Waals surface area contributed by atoms with Gasteiger partial charge in [-0.15, -0.1) is 11.3 Å². The maximum absolute atomic E-state index is 13.4. The summed E-state index contributed by atoms with van der Waals surface area (Å²) < 4.78 is 62.2. The molecule has 2 aromatic heterocycles. The summed E-state index contributed by atoms with van der Waals surface area (Å²) in [4.78, 5) is 9.28. The van der Waals surface area contributed by atoms with Crippen LogP contribution in [0.25, 0.3) is 31.9 Å². The first-order valence-corrected chi connectivity index (χ1v) is 11.0. The van der Waals surface area contributed by atoms with Crippen LogP contribution in [0.2, 0.25) is 0 Å². The van der Waals surface area contributed by atoms with Crippen molar-refractivity contribution in [3.63, 3.8) is 0 Å². The fourth-order valence-corrected chi connectivity index (χ4v) is 4.86. The van der Waals surface area contributed by atoms with Crippen molar-refractivity contribution in [3.8, 4) is 21.0 Å². The van der Waals surface area contributed by atoms with E-state index in [1.165, 1.54) is 23.6 Å². The normalized spacial score (nSPS) is 12.0. The molecule has 4 aromatic rings. The average molecular weight is 448 g/mol. The summed E-state index contributed by atoms with van der Waals surface area (Å²) in [5.41, 5.74) is 1.92. The van der Waals surface area contributed by atoms with E-state index in [9.17, 15) is 21.6 Å². The number of alkyl halides is 3. The second-order valence-electron chi connectivity index (χ2n) is 6.74. The van der Waals surface area contributed by atoms with Gasteiger partial charge in [-0.25, -0.2) is 13.4 Å². The summed E-state index contributed by atoms with van der Waals surface area (Å²) >= 11 is 1.34. The Kier molecular flexibility index (Phi) is 5.33. The van der Waals surface area contributed by atoms with E-state index in [2.05, 4.69) is 9.97 Å². The third kappa shape index (κ3) is 3.95. The molecule has 4 rings (SSSR count). The maximum Gasteiger partial charge on any atom is 0.418 e. The van der Waals surface area contributed by atoms with Crippen LogP contribution in [-0.4, -0.2) is 18.4 Å². The number of nitrogens with zero attached hydrogens (tertiary/aromatic N) is 2. The third-order valence-corrected chi connectivity index (χ3v) is 6.32. The molecule has 0 spiro atoms. The fourth-order valence-electron chi connectivity index (χ4n) is 3.33. The van der Waals surface area contributed by atoms with E-state index >= 15 is 0 Å². The van der Waals surface area contributed by atoms with Crippen molar-refractivity contribution in [2.24, 2.45) is 0 Å². The van der Waals surface area contributed by atoms with Gasteiger partial charge in [0, 0.05) is 23.3 Å². The number of thiol groups is 1. The Morgan fingerprint density at radius 3 is 2.53 bits per heavy atom. The highest BCUT2D eigenvalue weighted by molar-refractivity contribution is 7.71. The number of fused-ring (bicyclic) bond motifs is 1. The van der Waals surface area contributed by atoms with Crippen molar-refractivity contribution >= 4 is 32.9 Å². The number of aromatic nitrogens is 2. The van der Waals surface area contributed by atoms with Gasteiger partial charge in [0.1, 0.15) is 15.7 Å². The maximum atomic E-state index is 13.4. The zero-order valence-corrected chi connectivity index (χ0v) is 17.3. The first kappa shape index (κ1) is 20.5. The molecular formula is C21H15F3N2O2S2. The summed E-state index contributed by atoms with van der Waals surface area (Å²) in [5.74, 6) is -0.0524. The molecule has 0 aliphatic heterocycles. The predicted molar refractivity (Wildman–Crippen MR) is 112 cm³/mol. The summed E-state index contributed by atoms with van der Waals surface area (Å²) in [5, 5.41) is 0.970. The smallest absolute Gasteiger partial charge is 0.255 e. The van der Waals surface area contributed by atoms with E-state index in [0.29, 0.717) is 21.5 Å². The summed E-state index contributed by atoms with van der Waals surface area (Å²) in [6, 6.07) is 11.1. The Labute approximate surface area is 176 Å². The Bertz CT molecular complexity index is 1320. The van der Waals surface area contributed by atoms with E-state index < -0.39 is 22.4 Å². The highest BCUT2D eigenvalue weighted by Crippen LogP contribution is 2.40. The standard InChI is InChI=1S/C21H15F3N2O2S2/c1-12-9-25-19-15(6-3-7-16(19)21(22,23)24)18(12)20-26-10-17(29-20)14-5-2-4-13(8-14)11-30(27)28/h2-10,30H,11H2,1H3. The molecule has 0 amide bonds. The van der Waals surface area contributed by atoms with E-state index in [1.54, 1.807) is 37.4 Å². The molecule has 0 bridgehead atoms. The number of para-hydroxylation sites is 1. The van der Waals surface area contributed by atoms with Gasteiger partial charge in [-0.1, -0.05) is 30.3 Å². The zero-order valence-electron chi connectivity index (χ0n) is 15.6. The number of aryl methyl sites for hydroxylation is 1. The topological polar surface area (TPSA) is 59.9 Å². The molecule has 154 valence electrons. The van der Waals surface area contributed by atoms with Crippen molar-refractivity contribution in [2.45, 2.75) is 18.9 Å². The minimum atomic E-state index is -4.50. The molecule has 30 heavy (non-hydrogen) atoms. The van der Waals surface area contributed by atoms with Gasteiger partial charge in [-0.2, -0.15) is 13.2 Å². The summed E-state index contributed by atoms with van der Waals surface area (Å²) in [6.45, 7) is 1.79. The Balaban J connectivity index is 1.84. The van der Waals surface area contributed by atoms with Crippen molar-refractivity contribution in [2.75, 3.05) is 0 Å². The highest BCUT2D eigenvalue weighted by Gasteiger charge is 2.33. The Hall–Kier alpha value is -2.78. The zero-order chi connectivity index (χ0) is 21.5. The molecule has 0 fully saturated rings. The van der Waals surface area contributed by atoms with Crippen molar-refractivity contribution in [1.82, 2.24) is 9.97 Å². The highest BCUT2D eigenvalue weighted by atomic mass is 32.2. The summed E-state index contributed by atoms with van der Waals surface area (Å²) in [7, 11) is -2.54. The molecule has 0 atom stereocenters. The first-order chi connectivity index (χ1) is 14.2. The van der Waals surface area contributed by atoms with E-state index in [1.807, 2.05) is 6.07 Å². The van der Waals surface area contributed by atoms with Gasteiger partial charge in [0.15, 0.2) is 0 Å². The van der Waals surface area contributed by atoms with Crippen molar-refractivity contribution in [3.05, 3.63) is 71.5 Å². The lowest BCUT2D eigenvalue weighted by Gasteiger charge is -2.12. The van der Waals surface area contributed by atoms with Gasteiger partial charge in [0.25, 0.3) is 0 Å². The van der Waals surface area contributed by atoms with Gasteiger partial charge in [0.2, 0.25) is 0 Å². The van der Waals surface area contributed by atoms with Crippen LogP contribution in [0.1, 0.15) is 16.7 Å². The molecule has 0 unspecified atom stereocenters. The van der Waals surface area contributed by atoms with E-state index in [4.69, 9.17) is 0 Å². The molecule has 0 aliphatic carbocycles. The molecule has 0 saturated heterocycles.